The summed E-state index contributed by atoms with van der Waals surface area (Å²) in [5.41, 5.74) is -0.138. The quantitative estimate of drug-likeness (QED) is 0.631. The van der Waals surface area contributed by atoms with Crippen molar-refractivity contribution in [3.05, 3.63) is 68.2 Å². The highest BCUT2D eigenvalue weighted by atomic mass is 79.9. The summed E-state index contributed by atoms with van der Waals surface area (Å²) in [6.07, 6.45) is 0. The van der Waals surface area contributed by atoms with Gasteiger partial charge in [0.05, 0.1) is 11.0 Å². The molecule has 0 heterocycles. The molecule has 0 spiro atoms. The lowest BCUT2D eigenvalue weighted by molar-refractivity contribution is -0.384. The van der Waals surface area contributed by atoms with Crippen molar-refractivity contribution in [1.29, 1.82) is 0 Å². The minimum absolute atomic E-state index is 0.158. The van der Waals surface area contributed by atoms with Crippen LogP contribution in [0.25, 0.3) is 0 Å². The maximum absolute atomic E-state index is 13.7. The number of anilines is 1. The SMILES string of the molecule is CC(Nc1ccc(Br)cc1[N+](=O)[O-])c1c(F)cccc1F. The standard InChI is InChI=1S/C14H11BrF2N2O2/c1-8(14-10(16)3-2-4-11(14)17)18-12-6-5-9(15)7-13(12)19(20)21/h2-8,18H,1H3. The summed E-state index contributed by atoms with van der Waals surface area (Å²) in [5, 5.41) is 13.8. The predicted octanol–water partition coefficient (Wildman–Crippen LogP) is 4.81. The Kier molecular flexibility index (Phi) is 4.52. The number of halogens is 3. The lowest BCUT2D eigenvalue weighted by Crippen LogP contribution is -2.12. The van der Waals surface area contributed by atoms with Gasteiger partial charge in [0.15, 0.2) is 0 Å². The molecule has 110 valence electrons. The number of benzene rings is 2. The van der Waals surface area contributed by atoms with Gasteiger partial charge in [-0.1, -0.05) is 22.0 Å². The summed E-state index contributed by atoms with van der Waals surface area (Å²) in [5.74, 6) is -1.40. The van der Waals surface area contributed by atoms with Crippen molar-refractivity contribution in [2.45, 2.75) is 13.0 Å². The van der Waals surface area contributed by atoms with E-state index in [1.54, 1.807) is 6.07 Å². The average molecular weight is 357 g/mol. The zero-order valence-electron chi connectivity index (χ0n) is 10.9. The van der Waals surface area contributed by atoms with Crippen LogP contribution in [0.2, 0.25) is 0 Å². The molecule has 1 N–H and O–H groups in total. The van der Waals surface area contributed by atoms with E-state index in [0.29, 0.717) is 4.47 Å². The van der Waals surface area contributed by atoms with Gasteiger partial charge in [-0.25, -0.2) is 8.78 Å². The molecule has 21 heavy (non-hydrogen) atoms. The van der Waals surface area contributed by atoms with Gasteiger partial charge in [-0.15, -0.1) is 0 Å². The molecular weight excluding hydrogens is 346 g/mol. The fraction of sp³-hybridized carbons (Fsp3) is 0.143. The molecule has 2 aromatic rings. The number of hydrogen-bond acceptors (Lipinski definition) is 3. The molecule has 0 aliphatic heterocycles. The lowest BCUT2D eigenvalue weighted by atomic mass is 10.1. The highest BCUT2D eigenvalue weighted by Gasteiger charge is 2.20. The monoisotopic (exact) mass is 356 g/mol. The minimum atomic E-state index is -0.758. The van der Waals surface area contributed by atoms with Gasteiger partial charge < -0.3 is 5.32 Å². The zero-order chi connectivity index (χ0) is 15.6. The van der Waals surface area contributed by atoms with E-state index in [1.165, 1.54) is 25.1 Å². The van der Waals surface area contributed by atoms with Gasteiger partial charge in [0.25, 0.3) is 5.69 Å². The van der Waals surface area contributed by atoms with Crippen molar-refractivity contribution in [2.75, 3.05) is 5.32 Å². The van der Waals surface area contributed by atoms with E-state index in [0.717, 1.165) is 12.1 Å². The highest BCUT2D eigenvalue weighted by molar-refractivity contribution is 9.10. The van der Waals surface area contributed by atoms with Gasteiger partial charge in [-0.05, 0) is 31.2 Å². The summed E-state index contributed by atoms with van der Waals surface area (Å²) in [6.45, 7) is 1.53. The second kappa shape index (κ2) is 6.17. The molecule has 0 bridgehead atoms. The first-order chi connectivity index (χ1) is 9.90. The van der Waals surface area contributed by atoms with E-state index in [4.69, 9.17) is 0 Å². The Morgan fingerprint density at radius 3 is 2.43 bits per heavy atom. The van der Waals surface area contributed by atoms with Gasteiger partial charge in [-0.2, -0.15) is 0 Å². The summed E-state index contributed by atoms with van der Waals surface area (Å²) < 4.78 is 28.0. The van der Waals surface area contributed by atoms with Crippen molar-refractivity contribution in [3.8, 4) is 0 Å². The first-order valence-corrected chi connectivity index (χ1v) is 6.84. The van der Waals surface area contributed by atoms with Crippen LogP contribution in [0, 0.1) is 21.7 Å². The highest BCUT2D eigenvalue weighted by Crippen LogP contribution is 2.32. The summed E-state index contributed by atoms with van der Waals surface area (Å²) in [4.78, 5) is 10.5. The van der Waals surface area contributed by atoms with Crippen LogP contribution in [-0.2, 0) is 0 Å². The first-order valence-electron chi connectivity index (χ1n) is 6.04. The van der Waals surface area contributed by atoms with E-state index in [2.05, 4.69) is 21.2 Å². The maximum atomic E-state index is 13.7. The van der Waals surface area contributed by atoms with Gasteiger partial charge >= 0.3 is 0 Å². The van der Waals surface area contributed by atoms with Gasteiger partial charge in [0.2, 0.25) is 0 Å². The van der Waals surface area contributed by atoms with Gasteiger partial charge in [0.1, 0.15) is 17.3 Å². The maximum Gasteiger partial charge on any atom is 0.293 e. The third kappa shape index (κ3) is 3.36. The Balaban J connectivity index is 2.36. The number of nitro benzene ring substituents is 1. The molecule has 1 unspecified atom stereocenters. The topological polar surface area (TPSA) is 55.2 Å². The Morgan fingerprint density at radius 1 is 1.24 bits per heavy atom. The van der Waals surface area contributed by atoms with Crippen molar-refractivity contribution < 1.29 is 13.7 Å². The molecule has 0 aliphatic carbocycles. The first kappa shape index (κ1) is 15.4. The number of nitro groups is 1. The third-order valence-corrected chi connectivity index (χ3v) is 3.45. The number of hydrogen-bond donors (Lipinski definition) is 1. The van der Waals surface area contributed by atoms with Crippen molar-refractivity contribution >= 4 is 27.3 Å². The molecular formula is C14H11BrF2N2O2. The number of rotatable bonds is 4. The van der Waals surface area contributed by atoms with Crippen LogP contribution in [-0.4, -0.2) is 4.92 Å². The Morgan fingerprint density at radius 2 is 1.86 bits per heavy atom. The molecule has 0 radical (unpaired) electrons. The van der Waals surface area contributed by atoms with Gasteiger partial charge in [0, 0.05) is 16.1 Å². The van der Waals surface area contributed by atoms with Crippen molar-refractivity contribution in [2.24, 2.45) is 0 Å². The molecule has 0 saturated heterocycles. The number of nitrogens with zero attached hydrogens (tertiary/aromatic N) is 1. The van der Waals surface area contributed by atoms with Crippen molar-refractivity contribution in [3.63, 3.8) is 0 Å². The Hall–Kier alpha value is -2.02. The van der Waals surface area contributed by atoms with Crippen LogP contribution in [0.3, 0.4) is 0 Å². The zero-order valence-corrected chi connectivity index (χ0v) is 12.5. The van der Waals surface area contributed by atoms with Gasteiger partial charge in [-0.3, -0.25) is 10.1 Å². The summed E-state index contributed by atoms with van der Waals surface area (Å²) >= 11 is 3.15. The fourth-order valence-corrected chi connectivity index (χ4v) is 2.36. The minimum Gasteiger partial charge on any atom is -0.373 e. The molecule has 0 aliphatic rings. The van der Waals surface area contributed by atoms with E-state index >= 15 is 0 Å². The number of nitrogens with one attached hydrogen (secondary N) is 1. The van der Waals surface area contributed by atoms with Crippen LogP contribution in [0.5, 0.6) is 0 Å². The summed E-state index contributed by atoms with van der Waals surface area (Å²) in [7, 11) is 0. The van der Waals surface area contributed by atoms with Crippen molar-refractivity contribution in [1.82, 2.24) is 0 Å². The molecule has 7 heteroatoms. The fourth-order valence-electron chi connectivity index (χ4n) is 2.01. The van der Waals surface area contributed by atoms with E-state index in [1.807, 2.05) is 0 Å². The summed E-state index contributed by atoms with van der Waals surface area (Å²) in [6, 6.07) is 7.22. The van der Waals surface area contributed by atoms with Crippen LogP contribution in [0.4, 0.5) is 20.2 Å². The second-order valence-corrected chi connectivity index (χ2v) is 5.34. The molecule has 2 rings (SSSR count). The average Bonchev–Trinajstić information content (AvgIpc) is 2.40. The van der Waals surface area contributed by atoms with Crippen LogP contribution in [0.15, 0.2) is 40.9 Å². The molecule has 0 fully saturated rings. The van der Waals surface area contributed by atoms with E-state index in [-0.39, 0.29) is 16.9 Å². The molecule has 1 atom stereocenters. The van der Waals surface area contributed by atoms with Crippen LogP contribution < -0.4 is 5.32 Å². The predicted molar refractivity (Wildman–Crippen MR) is 79.2 cm³/mol. The lowest BCUT2D eigenvalue weighted by Gasteiger charge is -2.17. The molecule has 0 amide bonds. The smallest absolute Gasteiger partial charge is 0.293 e. The second-order valence-electron chi connectivity index (χ2n) is 4.42. The molecule has 4 nitrogen and oxygen atoms in total. The van der Waals surface area contributed by atoms with Crippen LogP contribution in [0.1, 0.15) is 18.5 Å². The van der Waals surface area contributed by atoms with Crippen LogP contribution >= 0.6 is 15.9 Å². The molecule has 2 aromatic carbocycles. The largest absolute Gasteiger partial charge is 0.373 e. The Bertz CT molecular complexity index is 674. The van der Waals surface area contributed by atoms with E-state index in [9.17, 15) is 18.9 Å². The Labute approximate surface area is 128 Å². The van der Waals surface area contributed by atoms with E-state index < -0.39 is 22.6 Å². The molecule has 0 saturated carbocycles. The normalized spacial score (nSPS) is 12.0. The third-order valence-electron chi connectivity index (χ3n) is 2.96. The molecule has 0 aromatic heterocycles.